The third-order valence-corrected chi connectivity index (χ3v) is 12.5. The fourth-order valence-corrected chi connectivity index (χ4v) is 9.98. The summed E-state index contributed by atoms with van der Waals surface area (Å²) in [5, 5.41) is 38.7. The first-order valence-corrected chi connectivity index (χ1v) is 19.8. The first kappa shape index (κ1) is 37.4. The van der Waals surface area contributed by atoms with Gasteiger partial charge >= 0.3 is 13.7 Å². The average Bonchev–Trinajstić information content (AvgIpc) is 3.59. The number of aromatic nitrogens is 4. The molecule has 7 rings (SSSR count). The molecule has 0 radical (unpaired) electrons. The van der Waals surface area contributed by atoms with Crippen LogP contribution in [0.1, 0.15) is 50.8 Å². The van der Waals surface area contributed by atoms with Gasteiger partial charge in [-0.1, -0.05) is 86.0 Å². The van der Waals surface area contributed by atoms with Gasteiger partial charge in [0, 0.05) is 28.0 Å². The van der Waals surface area contributed by atoms with E-state index >= 15 is 4.57 Å². The number of rotatable bonds is 12. The molecule has 17 heteroatoms. The number of nitrogens with one attached hydrogen (secondary N) is 1. The van der Waals surface area contributed by atoms with Crippen molar-refractivity contribution in [3.63, 3.8) is 0 Å². The molecule has 6 atom stereocenters. The first-order valence-electron chi connectivity index (χ1n) is 17.2. The number of benzene rings is 3. The fraction of sp³-hybridized carbons (Fsp3) is 0.389. The van der Waals surface area contributed by atoms with Crippen LogP contribution in [0.15, 0.2) is 72.8 Å². The van der Waals surface area contributed by atoms with Gasteiger partial charge in [-0.2, -0.15) is 15.1 Å². The number of aliphatic hydroxyl groups is 2. The lowest BCUT2D eigenvalue weighted by Crippen LogP contribution is -2.54. The van der Waals surface area contributed by atoms with Gasteiger partial charge in [-0.3, -0.25) is 9.09 Å². The lowest BCUT2D eigenvalue weighted by molar-refractivity contribution is -0.148. The number of nitrogens with two attached hydrogens (primary N) is 1. The smallest absolute Gasteiger partial charge is 0.460 e. The number of imidazole rings is 1. The second-order valence-electron chi connectivity index (χ2n) is 13.5. The molecular formula is C36H40IN6O9P. The number of aliphatic carboxylic acids is 1. The molecule has 3 heterocycles. The van der Waals surface area contributed by atoms with Crippen molar-refractivity contribution in [1.29, 1.82) is 0 Å². The Balaban J connectivity index is 1.27. The Morgan fingerprint density at radius 3 is 2.49 bits per heavy atom. The van der Waals surface area contributed by atoms with Crippen molar-refractivity contribution in [3.8, 4) is 11.6 Å². The minimum Gasteiger partial charge on any atom is -0.480 e. The minimum atomic E-state index is -4.70. The van der Waals surface area contributed by atoms with E-state index < -0.39 is 55.8 Å². The summed E-state index contributed by atoms with van der Waals surface area (Å²) in [5.41, 5.74) is 2.94. The summed E-state index contributed by atoms with van der Waals surface area (Å²) in [6.07, 6.45) is -0.486. The van der Waals surface area contributed by atoms with Gasteiger partial charge in [0.2, 0.25) is 11.8 Å². The number of carboxylic acid groups (broad SMARTS) is 1. The lowest BCUT2D eigenvalue weighted by Gasteiger charge is -2.41. The van der Waals surface area contributed by atoms with Crippen LogP contribution in [0.5, 0.6) is 11.6 Å². The van der Waals surface area contributed by atoms with Crippen molar-refractivity contribution in [3.05, 3.63) is 82.2 Å². The molecule has 0 amide bonds. The van der Waals surface area contributed by atoms with Gasteiger partial charge in [0.25, 0.3) is 0 Å². The van der Waals surface area contributed by atoms with Gasteiger partial charge in [-0.25, -0.2) is 14.3 Å². The predicted molar refractivity (Wildman–Crippen MR) is 203 cm³/mol. The number of carboxylic acids is 1. The fourth-order valence-electron chi connectivity index (χ4n) is 7.49. The summed E-state index contributed by atoms with van der Waals surface area (Å²) >= 11 is 1.93. The van der Waals surface area contributed by atoms with Crippen LogP contribution < -0.4 is 20.1 Å². The third-order valence-electron chi connectivity index (χ3n) is 10.1. The summed E-state index contributed by atoms with van der Waals surface area (Å²) in [7, 11) is -3.29. The van der Waals surface area contributed by atoms with E-state index in [0.717, 1.165) is 24.6 Å². The zero-order valence-corrected chi connectivity index (χ0v) is 32.0. The number of halogens is 1. The van der Waals surface area contributed by atoms with Gasteiger partial charge in [-0.05, 0) is 42.7 Å². The van der Waals surface area contributed by atoms with Crippen molar-refractivity contribution in [1.82, 2.24) is 24.6 Å². The number of methoxy groups -OCH3 is 1. The van der Waals surface area contributed by atoms with E-state index in [-0.39, 0.29) is 28.7 Å². The molecule has 5 aromatic rings. The van der Waals surface area contributed by atoms with Crippen molar-refractivity contribution in [2.45, 2.75) is 68.6 Å². The number of nitrogen functional groups attached to an aromatic ring is 1. The van der Waals surface area contributed by atoms with E-state index in [1.165, 1.54) is 18.6 Å². The van der Waals surface area contributed by atoms with E-state index in [0.29, 0.717) is 27.6 Å². The SMILES string of the molecule is COc1nc(N)nc2c1nc(I)n2[C@@H]1O[C@H](COP(=O)(NC(C(=O)O)(c2ccccc2)C2CCCCC2)Oc2cccc3ccccc23)[C@@H](O)[C@@]1(C)O. The molecule has 2 aromatic heterocycles. The van der Waals surface area contributed by atoms with Crippen LogP contribution in [0.3, 0.4) is 0 Å². The topological polar surface area (TPSA) is 213 Å². The molecule has 1 saturated carbocycles. The highest BCUT2D eigenvalue weighted by Crippen LogP contribution is 2.54. The zero-order chi connectivity index (χ0) is 37.5. The highest BCUT2D eigenvalue weighted by atomic mass is 127. The number of hydrogen-bond donors (Lipinski definition) is 5. The number of hydrogen-bond acceptors (Lipinski definition) is 12. The average molecular weight is 859 g/mol. The molecule has 2 unspecified atom stereocenters. The van der Waals surface area contributed by atoms with Gasteiger partial charge in [0.15, 0.2) is 26.8 Å². The maximum absolute atomic E-state index is 15.4. The number of nitrogens with zero attached hydrogens (tertiary/aromatic N) is 4. The Labute approximate surface area is 318 Å². The van der Waals surface area contributed by atoms with Gasteiger partial charge in [-0.15, -0.1) is 0 Å². The predicted octanol–water partition coefficient (Wildman–Crippen LogP) is 5.54. The summed E-state index contributed by atoms with van der Waals surface area (Å²) in [6.45, 7) is 0.798. The van der Waals surface area contributed by atoms with Crippen LogP contribution in [0.4, 0.5) is 5.95 Å². The third kappa shape index (κ3) is 6.86. The maximum Gasteiger partial charge on any atom is 0.460 e. The summed E-state index contributed by atoms with van der Waals surface area (Å²) in [4.78, 5) is 26.5. The Morgan fingerprint density at radius 1 is 1.08 bits per heavy atom. The molecule has 2 aliphatic rings. The van der Waals surface area contributed by atoms with Crippen LogP contribution >= 0.6 is 30.3 Å². The largest absolute Gasteiger partial charge is 0.480 e. The molecule has 15 nitrogen and oxygen atoms in total. The number of aliphatic hydroxyl groups excluding tert-OH is 1. The number of fused-ring (bicyclic) bond motifs is 2. The Kier molecular flexibility index (Phi) is 10.4. The quantitative estimate of drug-likeness (QED) is 0.0593. The van der Waals surface area contributed by atoms with E-state index in [9.17, 15) is 20.1 Å². The van der Waals surface area contributed by atoms with Crippen LogP contribution in [0.25, 0.3) is 21.9 Å². The Bertz CT molecular complexity index is 2180. The minimum absolute atomic E-state index is 0.109. The van der Waals surface area contributed by atoms with Crippen molar-refractivity contribution >= 4 is 64.2 Å². The number of carbonyl (C=O) groups is 1. The molecular weight excluding hydrogens is 818 g/mol. The molecule has 1 aliphatic carbocycles. The highest BCUT2D eigenvalue weighted by molar-refractivity contribution is 14.1. The summed E-state index contributed by atoms with van der Waals surface area (Å²) < 4.78 is 41.2. The first-order chi connectivity index (χ1) is 25.4. The normalized spacial score (nSPS) is 24.5. The number of ether oxygens (including phenoxy) is 2. The van der Waals surface area contributed by atoms with E-state index in [1.54, 1.807) is 48.5 Å². The molecule has 6 N–H and O–H groups in total. The summed E-state index contributed by atoms with van der Waals surface area (Å²) in [6, 6.07) is 21.2. The van der Waals surface area contributed by atoms with Crippen molar-refractivity contribution < 1.29 is 43.2 Å². The molecule has 3 aromatic carbocycles. The van der Waals surface area contributed by atoms with Crippen LogP contribution in [-0.2, 0) is 24.2 Å². The van der Waals surface area contributed by atoms with Gasteiger partial charge in [0.05, 0.1) is 13.7 Å². The molecule has 0 spiro atoms. The molecule has 0 bridgehead atoms. The molecule has 1 saturated heterocycles. The van der Waals surface area contributed by atoms with Gasteiger partial charge in [0.1, 0.15) is 23.6 Å². The molecule has 1 aliphatic heterocycles. The maximum atomic E-state index is 15.4. The molecule has 2 fully saturated rings. The second-order valence-corrected chi connectivity index (χ2v) is 16.1. The monoisotopic (exact) mass is 858 g/mol. The van der Waals surface area contributed by atoms with Gasteiger partial charge < -0.3 is 35.1 Å². The van der Waals surface area contributed by atoms with E-state index in [4.69, 9.17) is 24.3 Å². The molecule has 53 heavy (non-hydrogen) atoms. The standard InChI is InChI=1S/C36H40IN6O9P/c1-35(47)28(44)26(51-31(35)43-29-27(39-33(43)37)30(49-2)41-34(38)40-29)20-50-53(48,52-25-19-11-13-21-12-9-10-18-24(21)25)42-36(32(45)46,22-14-5-3-6-15-22)23-16-7-4-8-17-23/h3,5-6,9-15,18-19,23,26,28,31,44,47H,4,7-8,16-17,20H2,1-2H3,(H,42,48)(H,45,46)(H2,38,40,41)/t26-,28-,31-,35-,36?,53?/m1/s1. The van der Waals surface area contributed by atoms with Crippen LogP contribution in [0.2, 0.25) is 0 Å². The number of anilines is 1. The van der Waals surface area contributed by atoms with Crippen LogP contribution in [-0.4, -0.2) is 72.3 Å². The van der Waals surface area contributed by atoms with Crippen molar-refractivity contribution in [2.24, 2.45) is 5.92 Å². The Morgan fingerprint density at radius 2 is 1.77 bits per heavy atom. The summed E-state index contributed by atoms with van der Waals surface area (Å²) in [5.74, 6) is -1.51. The van der Waals surface area contributed by atoms with Crippen LogP contribution in [0, 0.1) is 9.75 Å². The van der Waals surface area contributed by atoms with E-state index in [1.807, 2.05) is 46.9 Å². The van der Waals surface area contributed by atoms with E-state index in [2.05, 4.69) is 20.0 Å². The second kappa shape index (κ2) is 14.7. The lowest BCUT2D eigenvalue weighted by atomic mass is 9.71. The zero-order valence-electron chi connectivity index (χ0n) is 29.0. The molecule has 280 valence electrons. The Hall–Kier alpha value is -3.90. The van der Waals surface area contributed by atoms with Crippen molar-refractivity contribution in [2.75, 3.05) is 19.5 Å². The highest BCUT2D eigenvalue weighted by Gasteiger charge is 2.56.